The summed E-state index contributed by atoms with van der Waals surface area (Å²) in [5.74, 6) is -0.940. The molecule has 0 aliphatic carbocycles. The van der Waals surface area contributed by atoms with Gasteiger partial charge in [-0.05, 0) is 77.0 Å². The molecule has 55 heavy (non-hydrogen) atoms. The van der Waals surface area contributed by atoms with Crippen molar-refractivity contribution in [1.82, 2.24) is 0 Å². The van der Waals surface area contributed by atoms with Crippen molar-refractivity contribution >= 4 is 19.8 Å². The predicted octanol–water partition coefficient (Wildman–Crippen LogP) is 12.0. The summed E-state index contributed by atoms with van der Waals surface area (Å²) in [6.45, 7) is 3.49. The number of hydrogen-bond acceptors (Lipinski definition) is 8. The van der Waals surface area contributed by atoms with Crippen LogP contribution in [0.15, 0.2) is 85.1 Å². The van der Waals surface area contributed by atoms with E-state index in [1.165, 1.54) is 51.4 Å². The zero-order valence-electron chi connectivity index (χ0n) is 34.4. The van der Waals surface area contributed by atoms with Crippen molar-refractivity contribution in [2.45, 2.75) is 161 Å². The van der Waals surface area contributed by atoms with Crippen LogP contribution in [0.5, 0.6) is 0 Å². The van der Waals surface area contributed by atoms with E-state index in [0.717, 1.165) is 64.2 Å². The van der Waals surface area contributed by atoms with E-state index in [-0.39, 0.29) is 32.6 Å². The van der Waals surface area contributed by atoms with Gasteiger partial charge in [-0.2, -0.15) is 0 Å². The van der Waals surface area contributed by atoms with E-state index < -0.39 is 32.5 Å². The summed E-state index contributed by atoms with van der Waals surface area (Å²) in [6.07, 6.45) is 50.5. The number of unbranched alkanes of at least 4 members (excludes halogenated alkanes) is 11. The summed E-state index contributed by atoms with van der Waals surface area (Å²) in [5.41, 5.74) is 5.34. The fourth-order valence-electron chi connectivity index (χ4n) is 5.18. The van der Waals surface area contributed by atoms with Crippen LogP contribution in [0.3, 0.4) is 0 Å². The number of nitrogens with two attached hydrogens (primary N) is 1. The van der Waals surface area contributed by atoms with Crippen LogP contribution in [-0.4, -0.2) is 49.3 Å². The van der Waals surface area contributed by atoms with Crippen molar-refractivity contribution < 1.29 is 37.6 Å². The lowest BCUT2D eigenvalue weighted by Gasteiger charge is -2.19. The molecule has 0 saturated carbocycles. The molecule has 10 heteroatoms. The summed E-state index contributed by atoms with van der Waals surface area (Å²) < 4.78 is 32.7. The van der Waals surface area contributed by atoms with E-state index in [2.05, 4.69) is 86.8 Å². The monoisotopic (exact) mass is 790 g/mol. The quantitative estimate of drug-likeness (QED) is 0.0271. The van der Waals surface area contributed by atoms with Crippen LogP contribution in [0.2, 0.25) is 0 Å². The van der Waals surface area contributed by atoms with E-state index in [1.54, 1.807) is 0 Å². The Balaban J connectivity index is 4.32. The second kappa shape index (κ2) is 40.8. The molecule has 0 spiro atoms. The van der Waals surface area contributed by atoms with Gasteiger partial charge in [0.1, 0.15) is 6.61 Å². The molecule has 0 heterocycles. The summed E-state index contributed by atoms with van der Waals surface area (Å²) in [4.78, 5) is 34.8. The number of rotatable bonds is 38. The number of phosphoric ester groups is 1. The summed E-state index contributed by atoms with van der Waals surface area (Å²) in [7, 11) is -4.40. The van der Waals surface area contributed by atoms with Crippen LogP contribution in [0.1, 0.15) is 155 Å². The second-order valence-electron chi connectivity index (χ2n) is 13.5. The highest BCUT2D eigenvalue weighted by molar-refractivity contribution is 7.47. The molecule has 0 aromatic heterocycles. The standard InChI is InChI=1S/C45H76NO8P/c1-3-5-7-9-11-13-15-17-19-20-21-22-24-25-27-29-31-33-35-37-44(47)51-41-43(42-53-55(49,50)52-40-39-46)54-45(48)38-36-34-32-30-28-26-23-18-16-14-12-10-8-6-4-2/h5,7,11,13-14,16-17,19,21-22,25,27,31,33,43H,3-4,6,8-10,12,15,18,20,23-24,26,28-30,32,34-42,46H2,1-2H3,(H,49,50)/b7-5+,13-11+,16-14+,19-17+,22-21+,27-25+,33-31+/t43-/m1/s1. The average molecular weight is 790 g/mol. The molecule has 0 aliphatic rings. The fourth-order valence-corrected chi connectivity index (χ4v) is 5.95. The van der Waals surface area contributed by atoms with Gasteiger partial charge in [-0.25, -0.2) is 4.57 Å². The molecule has 0 aromatic carbocycles. The van der Waals surface area contributed by atoms with Gasteiger partial charge in [-0.3, -0.25) is 18.6 Å². The Morgan fingerprint density at radius 2 is 1.04 bits per heavy atom. The van der Waals surface area contributed by atoms with Gasteiger partial charge in [0.2, 0.25) is 0 Å². The van der Waals surface area contributed by atoms with Crippen molar-refractivity contribution in [3.63, 3.8) is 0 Å². The van der Waals surface area contributed by atoms with Crippen LogP contribution in [0.25, 0.3) is 0 Å². The van der Waals surface area contributed by atoms with Gasteiger partial charge in [-0.1, -0.05) is 150 Å². The topological polar surface area (TPSA) is 134 Å². The van der Waals surface area contributed by atoms with Crippen molar-refractivity contribution in [2.24, 2.45) is 5.73 Å². The number of allylic oxidation sites excluding steroid dienone is 14. The molecule has 0 aromatic rings. The van der Waals surface area contributed by atoms with Crippen molar-refractivity contribution in [3.8, 4) is 0 Å². The molecule has 2 atom stereocenters. The molecule has 0 saturated heterocycles. The maximum atomic E-state index is 12.6. The van der Waals surface area contributed by atoms with Gasteiger partial charge in [0.25, 0.3) is 0 Å². The lowest BCUT2D eigenvalue weighted by atomic mass is 10.1. The molecule has 0 aliphatic heterocycles. The van der Waals surface area contributed by atoms with Crippen molar-refractivity contribution in [3.05, 3.63) is 85.1 Å². The minimum Gasteiger partial charge on any atom is -0.462 e. The normalized spacial score (nSPS) is 14.2. The van der Waals surface area contributed by atoms with Crippen LogP contribution >= 0.6 is 7.82 Å². The second-order valence-corrected chi connectivity index (χ2v) is 14.9. The van der Waals surface area contributed by atoms with Gasteiger partial charge in [-0.15, -0.1) is 0 Å². The van der Waals surface area contributed by atoms with E-state index in [9.17, 15) is 19.0 Å². The number of carbonyl (C=O) groups is 2. The highest BCUT2D eigenvalue weighted by atomic mass is 31.2. The maximum Gasteiger partial charge on any atom is 0.472 e. The van der Waals surface area contributed by atoms with E-state index in [0.29, 0.717) is 12.8 Å². The molecular weight excluding hydrogens is 713 g/mol. The number of hydrogen-bond donors (Lipinski definition) is 2. The van der Waals surface area contributed by atoms with E-state index in [1.807, 2.05) is 12.2 Å². The van der Waals surface area contributed by atoms with Gasteiger partial charge in [0.05, 0.1) is 13.2 Å². The predicted molar refractivity (Wildman–Crippen MR) is 229 cm³/mol. The Morgan fingerprint density at radius 1 is 0.564 bits per heavy atom. The summed E-state index contributed by atoms with van der Waals surface area (Å²) in [6, 6.07) is 0. The number of carbonyl (C=O) groups excluding carboxylic acids is 2. The highest BCUT2D eigenvalue weighted by Gasteiger charge is 2.25. The van der Waals surface area contributed by atoms with Crippen molar-refractivity contribution in [1.29, 1.82) is 0 Å². The third kappa shape index (κ3) is 40.7. The fraction of sp³-hybridized carbons (Fsp3) is 0.644. The number of ether oxygens (including phenoxy) is 2. The van der Waals surface area contributed by atoms with E-state index >= 15 is 0 Å². The molecule has 0 amide bonds. The third-order valence-electron chi connectivity index (χ3n) is 8.28. The average Bonchev–Trinajstić information content (AvgIpc) is 3.17. The number of phosphoric acid groups is 1. The lowest BCUT2D eigenvalue weighted by molar-refractivity contribution is -0.161. The first-order valence-corrected chi connectivity index (χ1v) is 22.6. The Kier molecular flexibility index (Phi) is 38.8. The zero-order valence-corrected chi connectivity index (χ0v) is 35.3. The summed E-state index contributed by atoms with van der Waals surface area (Å²) in [5, 5.41) is 0. The molecular formula is C45H76NO8P. The summed E-state index contributed by atoms with van der Waals surface area (Å²) >= 11 is 0. The first kappa shape index (κ1) is 52.2. The minimum absolute atomic E-state index is 0.0390. The van der Waals surface area contributed by atoms with Gasteiger partial charge >= 0.3 is 19.8 Å². The third-order valence-corrected chi connectivity index (χ3v) is 9.26. The Hall–Kier alpha value is -2.81. The minimum atomic E-state index is -4.40. The first-order valence-electron chi connectivity index (χ1n) is 21.1. The Bertz CT molecular complexity index is 1170. The molecule has 9 nitrogen and oxygen atoms in total. The van der Waals surface area contributed by atoms with Crippen LogP contribution in [0, 0.1) is 0 Å². The maximum absolute atomic E-state index is 12.6. The zero-order chi connectivity index (χ0) is 40.3. The largest absolute Gasteiger partial charge is 0.472 e. The van der Waals surface area contributed by atoms with Gasteiger partial charge in [0.15, 0.2) is 6.10 Å². The molecule has 0 bridgehead atoms. The molecule has 0 radical (unpaired) electrons. The first-order chi connectivity index (χ1) is 26.8. The number of esters is 2. The van der Waals surface area contributed by atoms with Gasteiger partial charge in [0, 0.05) is 19.4 Å². The highest BCUT2D eigenvalue weighted by Crippen LogP contribution is 2.43. The van der Waals surface area contributed by atoms with Gasteiger partial charge < -0.3 is 20.1 Å². The molecule has 314 valence electrons. The Labute approximate surface area is 334 Å². The van der Waals surface area contributed by atoms with Crippen molar-refractivity contribution in [2.75, 3.05) is 26.4 Å². The molecule has 3 N–H and O–H groups in total. The molecule has 1 unspecified atom stereocenters. The van der Waals surface area contributed by atoms with Crippen LogP contribution in [-0.2, 0) is 32.7 Å². The SMILES string of the molecule is CC/C=C/C/C=C/C/C=C/C/C=C/C/C=C/C/C=C/CCC(=O)OC[C@H](COP(=O)(O)OCCN)OC(=O)CCCCCCCCC/C=C/CCCCCC. The molecule has 0 rings (SSSR count). The van der Waals surface area contributed by atoms with Crippen LogP contribution < -0.4 is 5.73 Å². The lowest BCUT2D eigenvalue weighted by Crippen LogP contribution is -2.29. The van der Waals surface area contributed by atoms with E-state index in [4.69, 9.17) is 24.3 Å². The molecule has 0 fully saturated rings. The Morgan fingerprint density at radius 3 is 1.56 bits per heavy atom. The smallest absolute Gasteiger partial charge is 0.462 e. The van der Waals surface area contributed by atoms with Crippen LogP contribution in [0.4, 0.5) is 0 Å².